The van der Waals surface area contributed by atoms with Gasteiger partial charge in [-0.05, 0) is 42.7 Å². The highest BCUT2D eigenvalue weighted by Gasteiger charge is 2.21. The summed E-state index contributed by atoms with van der Waals surface area (Å²) in [7, 11) is 0. The van der Waals surface area contributed by atoms with Gasteiger partial charge in [0.2, 0.25) is 0 Å². The van der Waals surface area contributed by atoms with E-state index in [1.165, 1.54) is 0 Å². The van der Waals surface area contributed by atoms with E-state index in [9.17, 15) is 9.90 Å². The molecule has 1 atom stereocenters. The highest BCUT2D eigenvalue weighted by Crippen LogP contribution is 2.23. The number of hydrogen-bond acceptors (Lipinski definition) is 4. The fourth-order valence-corrected chi connectivity index (χ4v) is 2.41. The predicted molar refractivity (Wildman–Crippen MR) is 89.6 cm³/mol. The molecule has 1 aliphatic carbocycles. The van der Waals surface area contributed by atoms with Gasteiger partial charge in [-0.25, -0.2) is 4.98 Å². The van der Waals surface area contributed by atoms with Crippen LogP contribution in [0, 0.1) is 0 Å². The molecule has 6 heteroatoms. The lowest BCUT2D eigenvalue weighted by atomic mass is 10.1. The van der Waals surface area contributed by atoms with E-state index in [0.29, 0.717) is 28.0 Å². The summed E-state index contributed by atoms with van der Waals surface area (Å²) in [6, 6.07) is 10.8. The number of halogens is 1. The summed E-state index contributed by atoms with van der Waals surface area (Å²) >= 11 is 5.90. The van der Waals surface area contributed by atoms with Gasteiger partial charge in [-0.2, -0.15) is 0 Å². The number of hydrogen-bond donors (Lipinski definition) is 3. The molecule has 1 amide bonds. The molecule has 0 aliphatic heterocycles. The van der Waals surface area contributed by atoms with Crippen molar-refractivity contribution in [1.82, 2.24) is 10.3 Å². The van der Waals surface area contributed by atoms with Crippen molar-refractivity contribution in [2.75, 3.05) is 11.9 Å². The van der Waals surface area contributed by atoms with Crippen LogP contribution in [0.25, 0.3) is 0 Å². The lowest BCUT2D eigenvalue weighted by molar-refractivity contribution is 0.0916. The summed E-state index contributed by atoms with van der Waals surface area (Å²) in [6.07, 6.45) is 3.09. The molecule has 0 spiro atoms. The molecular formula is C17H18ClN3O2. The second kappa shape index (κ2) is 6.98. The third kappa shape index (κ3) is 4.43. The van der Waals surface area contributed by atoms with Crippen LogP contribution >= 0.6 is 11.6 Å². The van der Waals surface area contributed by atoms with Crippen LogP contribution in [0.4, 0.5) is 5.82 Å². The van der Waals surface area contributed by atoms with Crippen LogP contribution in [0.2, 0.25) is 5.02 Å². The molecule has 1 heterocycles. The molecule has 0 radical (unpaired) electrons. The maximum atomic E-state index is 12.2. The molecule has 23 heavy (non-hydrogen) atoms. The molecule has 1 saturated carbocycles. The van der Waals surface area contributed by atoms with Gasteiger partial charge in [0.25, 0.3) is 5.91 Å². The van der Waals surface area contributed by atoms with Crippen molar-refractivity contribution in [2.45, 2.75) is 25.0 Å². The van der Waals surface area contributed by atoms with Crippen LogP contribution in [-0.2, 0) is 0 Å². The maximum Gasteiger partial charge on any atom is 0.251 e. The van der Waals surface area contributed by atoms with Crippen molar-refractivity contribution in [3.05, 3.63) is 58.7 Å². The molecule has 3 N–H and O–H groups in total. The first-order valence-corrected chi connectivity index (χ1v) is 7.94. The lowest BCUT2D eigenvalue weighted by Gasteiger charge is -2.13. The molecule has 0 saturated heterocycles. The molecule has 1 unspecified atom stereocenters. The Kier molecular flexibility index (Phi) is 4.79. The second-order valence-electron chi connectivity index (χ2n) is 5.63. The normalized spacial score (nSPS) is 15.0. The molecule has 2 aromatic rings. The smallest absolute Gasteiger partial charge is 0.251 e. The molecule has 5 nitrogen and oxygen atoms in total. The summed E-state index contributed by atoms with van der Waals surface area (Å²) in [6.45, 7) is 0.118. The van der Waals surface area contributed by atoms with E-state index in [4.69, 9.17) is 11.6 Å². The minimum Gasteiger partial charge on any atom is -0.387 e. The van der Waals surface area contributed by atoms with Gasteiger partial charge in [0.05, 0.1) is 6.10 Å². The zero-order chi connectivity index (χ0) is 16.2. The van der Waals surface area contributed by atoms with Gasteiger partial charge in [-0.1, -0.05) is 23.7 Å². The monoisotopic (exact) mass is 331 g/mol. The standard InChI is InChI=1S/C17H18ClN3O2/c18-13-3-1-2-11(8-13)15(22)10-20-17(23)12-6-7-19-16(9-12)21-14-4-5-14/h1-3,6-9,14-15,22H,4-5,10H2,(H,19,21)(H,20,23). The third-order valence-electron chi connectivity index (χ3n) is 3.64. The van der Waals surface area contributed by atoms with Crippen molar-refractivity contribution in [3.63, 3.8) is 0 Å². The van der Waals surface area contributed by atoms with E-state index in [-0.39, 0.29) is 12.5 Å². The quantitative estimate of drug-likeness (QED) is 0.761. The third-order valence-corrected chi connectivity index (χ3v) is 3.88. The van der Waals surface area contributed by atoms with Crippen LogP contribution in [0.3, 0.4) is 0 Å². The van der Waals surface area contributed by atoms with Crippen molar-refractivity contribution >= 4 is 23.3 Å². The number of aliphatic hydroxyl groups excluding tert-OH is 1. The Bertz CT molecular complexity index is 704. The number of nitrogens with zero attached hydrogens (tertiary/aromatic N) is 1. The van der Waals surface area contributed by atoms with E-state index < -0.39 is 6.10 Å². The van der Waals surface area contributed by atoms with Gasteiger partial charge in [0.1, 0.15) is 5.82 Å². The van der Waals surface area contributed by atoms with Gasteiger partial charge in [0.15, 0.2) is 0 Å². The van der Waals surface area contributed by atoms with Crippen LogP contribution in [0.1, 0.15) is 34.9 Å². The number of carbonyl (C=O) groups excluding carboxylic acids is 1. The molecule has 0 bridgehead atoms. The van der Waals surface area contributed by atoms with E-state index >= 15 is 0 Å². The molecule has 1 aliphatic rings. The van der Waals surface area contributed by atoms with Gasteiger partial charge in [-0.3, -0.25) is 4.79 Å². The summed E-state index contributed by atoms with van der Waals surface area (Å²) in [5, 5.41) is 16.7. The zero-order valence-electron chi connectivity index (χ0n) is 12.5. The Balaban J connectivity index is 1.58. The number of amides is 1. The van der Waals surface area contributed by atoms with Gasteiger partial charge >= 0.3 is 0 Å². The first kappa shape index (κ1) is 15.8. The Hall–Kier alpha value is -2.11. The van der Waals surface area contributed by atoms with Crippen molar-refractivity contribution in [1.29, 1.82) is 0 Å². The molecule has 1 fully saturated rings. The topological polar surface area (TPSA) is 74.2 Å². The highest BCUT2D eigenvalue weighted by molar-refractivity contribution is 6.30. The first-order valence-electron chi connectivity index (χ1n) is 7.56. The van der Waals surface area contributed by atoms with Gasteiger partial charge in [-0.15, -0.1) is 0 Å². The fourth-order valence-electron chi connectivity index (χ4n) is 2.21. The average Bonchev–Trinajstić information content (AvgIpc) is 3.36. The van der Waals surface area contributed by atoms with E-state index in [0.717, 1.165) is 12.8 Å². The van der Waals surface area contributed by atoms with Crippen LogP contribution in [0.5, 0.6) is 0 Å². The highest BCUT2D eigenvalue weighted by atomic mass is 35.5. The summed E-state index contributed by atoms with van der Waals surface area (Å²) in [5.74, 6) is 0.461. The zero-order valence-corrected chi connectivity index (χ0v) is 13.3. The number of pyridine rings is 1. The molecule has 1 aromatic carbocycles. The summed E-state index contributed by atoms with van der Waals surface area (Å²) in [4.78, 5) is 16.4. The number of nitrogens with one attached hydrogen (secondary N) is 2. The Morgan fingerprint density at radius 2 is 2.17 bits per heavy atom. The first-order chi connectivity index (χ1) is 11.1. The Labute approximate surface area is 139 Å². The summed E-state index contributed by atoms with van der Waals surface area (Å²) < 4.78 is 0. The molecule has 1 aromatic heterocycles. The van der Waals surface area contributed by atoms with Crippen LogP contribution in [0.15, 0.2) is 42.6 Å². The fraction of sp³-hybridized carbons (Fsp3) is 0.294. The Morgan fingerprint density at radius 1 is 1.35 bits per heavy atom. The number of benzene rings is 1. The van der Waals surface area contributed by atoms with Gasteiger partial charge in [0, 0.05) is 29.4 Å². The van der Waals surface area contributed by atoms with Crippen molar-refractivity contribution in [2.24, 2.45) is 0 Å². The number of rotatable bonds is 6. The largest absolute Gasteiger partial charge is 0.387 e. The van der Waals surface area contributed by atoms with Gasteiger partial charge < -0.3 is 15.7 Å². The molecule has 3 rings (SSSR count). The molecule has 120 valence electrons. The minimum absolute atomic E-state index is 0.118. The second-order valence-corrected chi connectivity index (χ2v) is 6.07. The average molecular weight is 332 g/mol. The molecular weight excluding hydrogens is 314 g/mol. The number of aliphatic hydroxyl groups is 1. The van der Waals surface area contributed by atoms with E-state index in [1.54, 1.807) is 42.6 Å². The van der Waals surface area contributed by atoms with E-state index in [2.05, 4.69) is 15.6 Å². The number of aromatic nitrogens is 1. The summed E-state index contributed by atoms with van der Waals surface area (Å²) in [5.41, 5.74) is 1.19. The Morgan fingerprint density at radius 3 is 2.91 bits per heavy atom. The van der Waals surface area contributed by atoms with Crippen molar-refractivity contribution in [3.8, 4) is 0 Å². The predicted octanol–water partition coefficient (Wildman–Crippen LogP) is 2.77. The van der Waals surface area contributed by atoms with Crippen LogP contribution < -0.4 is 10.6 Å². The maximum absolute atomic E-state index is 12.2. The van der Waals surface area contributed by atoms with E-state index in [1.807, 2.05) is 0 Å². The van der Waals surface area contributed by atoms with Crippen LogP contribution in [-0.4, -0.2) is 28.6 Å². The number of anilines is 1. The SMILES string of the molecule is O=C(NCC(O)c1cccc(Cl)c1)c1ccnc(NC2CC2)c1. The number of carbonyl (C=O) groups is 1. The lowest BCUT2D eigenvalue weighted by Crippen LogP contribution is -2.28. The minimum atomic E-state index is -0.802. The van der Waals surface area contributed by atoms with Crippen molar-refractivity contribution < 1.29 is 9.90 Å².